The van der Waals surface area contributed by atoms with Crippen molar-refractivity contribution >= 4 is 16.6 Å². The molecule has 161 valence electrons. The zero-order valence-corrected chi connectivity index (χ0v) is 15.6. The molecular weight excluding hydrogens is 438 g/mol. The number of aromatic nitrogens is 2. The van der Waals surface area contributed by atoms with Crippen LogP contribution in [0, 0.1) is 0 Å². The average molecular weight is 462 g/mol. The van der Waals surface area contributed by atoms with E-state index in [-0.39, 0.29) is 44.4 Å². The maximum atomic E-state index is 8.52. The van der Waals surface area contributed by atoms with Crippen molar-refractivity contribution in [1.82, 2.24) is 9.97 Å². The van der Waals surface area contributed by atoms with E-state index in [1.165, 1.54) is 0 Å². The molecule has 0 aliphatic rings. The van der Waals surface area contributed by atoms with Crippen LogP contribution >= 0.6 is 0 Å². The van der Waals surface area contributed by atoms with Gasteiger partial charge in [-0.2, -0.15) is 0 Å². The Hall–Kier alpha value is -1.84. The van der Waals surface area contributed by atoms with Gasteiger partial charge in [-0.15, -0.1) is 0 Å². The van der Waals surface area contributed by atoms with Crippen molar-refractivity contribution < 1.29 is 62.0 Å². The van der Waals surface area contributed by atoms with Crippen LogP contribution < -0.4 is 0 Å². The van der Waals surface area contributed by atoms with Crippen LogP contribution in [0.5, 0.6) is 0 Å². The summed E-state index contributed by atoms with van der Waals surface area (Å²) < 4.78 is 34.1. The molecule has 1 radical (unpaired) electrons. The molecule has 12 nitrogen and oxygen atoms in total. The van der Waals surface area contributed by atoms with Gasteiger partial charge in [0.05, 0.1) is 5.69 Å². The van der Waals surface area contributed by atoms with Gasteiger partial charge in [0.1, 0.15) is 0 Å². The molecular formula is C13H24CuN3O9S+. The monoisotopic (exact) mass is 461 g/mol. The Bertz CT molecular complexity index is 653. The summed E-state index contributed by atoms with van der Waals surface area (Å²) in [6, 6.07) is 11.7. The fourth-order valence-corrected chi connectivity index (χ4v) is 1.34. The summed E-state index contributed by atoms with van der Waals surface area (Å²) in [5.74, 6) is 0. The molecule has 14 heteroatoms. The van der Waals surface area contributed by atoms with E-state index in [9.17, 15) is 0 Å². The Morgan fingerprint density at radius 3 is 1.81 bits per heavy atom. The first kappa shape index (κ1) is 40.0. The molecule has 0 saturated heterocycles. The van der Waals surface area contributed by atoms with Crippen molar-refractivity contribution in [3.05, 3.63) is 60.2 Å². The van der Waals surface area contributed by atoms with Crippen LogP contribution in [0.3, 0.4) is 0 Å². The fraction of sp³-hybridized carbons (Fsp3) is 0.154. The first-order valence-electron chi connectivity index (χ1n) is 5.92. The summed E-state index contributed by atoms with van der Waals surface area (Å²) in [5.41, 5.74) is 1.96. The maximum absolute atomic E-state index is 8.52. The average Bonchev–Trinajstić information content (AvgIpc) is 2.44. The van der Waals surface area contributed by atoms with Crippen LogP contribution in [0.1, 0.15) is 11.4 Å². The summed E-state index contributed by atoms with van der Waals surface area (Å²) >= 11 is 0. The molecule has 2 heterocycles. The fourth-order valence-electron chi connectivity index (χ4n) is 1.34. The molecule has 27 heavy (non-hydrogen) atoms. The summed E-state index contributed by atoms with van der Waals surface area (Å²) in [6.45, 7) is 0.744. The minimum absolute atomic E-state index is 0. The van der Waals surface area contributed by atoms with E-state index in [1.54, 1.807) is 18.6 Å². The molecule has 0 aliphatic heterocycles. The smallest absolute Gasteiger partial charge is 0.759 e. The van der Waals surface area contributed by atoms with E-state index in [0.717, 1.165) is 24.4 Å². The number of hydrogen-bond acceptors (Lipinski definition) is 7. The van der Waals surface area contributed by atoms with Crippen LogP contribution in [0.4, 0.5) is 0 Å². The summed E-state index contributed by atoms with van der Waals surface area (Å²) in [7, 11) is -5.17. The molecule has 0 amide bonds. The predicted octanol–water partition coefficient (Wildman–Crippen LogP) is -3.42. The van der Waals surface area contributed by atoms with E-state index < -0.39 is 10.4 Å². The summed E-state index contributed by atoms with van der Waals surface area (Å²) in [4.78, 5) is 12.7. The molecule has 11 N–H and O–H groups in total. The van der Waals surface area contributed by atoms with Crippen molar-refractivity contribution in [2.24, 2.45) is 4.99 Å². The molecule has 2 aromatic heterocycles. The molecule has 0 bridgehead atoms. The Balaban J connectivity index is -0.0000000907. The van der Waals surface area contributed by atoms with Gasteiger partial charge in [0.2, 0.25) is 0 Å². The van der Waals surface area contributed by atoms with Gasteiger partial charge in [0.25, 0.3) is 0 Å². The van der Waals surface area contributed by atoms with Gasteiger partial charge in [0.15, 0.2) is 0 Å². The second-order valence-electron chi connectivity index (χ2n) is 3.77. The van der Waals surface area contributed by atoms with Gasteiger partial charge < -0.3 is 36.5 Å². The number of nitrogens with zero attached hydrogens (tertiary/aromatic N) is 3. The molecule has 0 atom stereocenters. The molecule has 0 unspecified atom stereocenters. The maximum Gasteiger partial charge on any atom is 2.00 e. The Morgan fingerprint density at radius 2 is 1.41 bits per heavy atom. The molecule has 0 spiro atoms. The SMILES string of the molecule is C(=NCCc1ccccn1)c1ccccn1.O.O.O.O.O=S(=O)([O-])[O-].[Cu+2].[OH3+]. The van der Waals surface area contributed by atoms with Crippen molar-refractivity contribution in [2.45, 2.75) is 6.42 Å². The third-order valence-corrected chi connectivity index (χ3v) is 2.13. The quantitative estimate of drug-likeness (QED) is 0.146. The third kappa shape index (κ3) is 26.5. The van der Waals surface area contributed by atoms with Gasteiger partial charge in [0, 0.05) is 47.7 Å². The van der Waals surface area contributed by atoms with Crippen molar-refractivity contribution in [3.63, 3.8) is 0 Å². The van der Waals surface area contributed by atoms with Crippen LogP contribution in [0.25, 0.3) is 0 Å². The molecule has 0 aromatic carbocycles. The van der Waals surface area contributed by atoms with E-state index in [1.807, 2.05) is 36.4 Å². The largest absolute Gasteiger partial charge is 2.00 e. The van der Waals surface area contributed by atoms with Crippen molar-refractivity contribution in [3.8, 4) is 0 Å². The second-order valence-corrected chi connectivity index (χ2v) is 4.59. The van der Waals surface area contributed by atoms with Gasteiger partial charge in [-0.3, -0.25) is 23.4 Å². The standard InChI is InChI=1S/C13H13N3.Cu.H2O4S.5H2O/c1-3-8-15-12(5-1)7-10-14-11-13-6-2-4-9-16-13;;1-5(2,3)4;;;;;/h1-6,8-9,11H,7,10H2;;(H2,1,2,3,4);5*1H2/q;+2;;;;;;/p-1. The van der Waals surface area contributed by atoms with Crippen LogP contribution in [-0.4, -0.2) is 62.2 Å². The predicted molar refractivity (Wildman–Crippen MR) is 94.4 cm³/mol. The number of hydrogen-bond donors (Lipinski definition) is 0. The number of pyridine rings is 2. The first-order chi connectivity index (χ1) is 9.95. The van der Waals surface area contributed by atoms with Gasteiger partial charge >= 0.3 is 17.1 Å². The minimum atomic E-state index is -5.17. The minimum Gasteiger partial charge on any atom is -0.759 e. The van der Waals surface area contributed by atoms with Crippen LogP contribution in [0.2, 0.25) is 0 Å². The van der Waals surface area contributed by atoms with Crippen molar-refractivity contribution in [2.75, 3.05) is 6.54 Å². The summed E-state index contributed by atoms with van der Waals surface area (Å²) in [5, 5.41) is 0. The Morgan fingerprint density at radius 1 is 0.926 bits per heavy atom. The molecule has 2 rings (SSSR count). The molecule has 2 aromatic rings. The van der Waals surface area contributed by atoms with E-state index in [4.69, 9.17) is 17.5 Å². The number of aliphatic imine (C=N–C) groups is 1. The zero-order valence-electron chi connectivity index (χ0n) is 13.9. The summed E-state index contributed by atoms with van der Waals surface area (Å²) in [6.07, 6.45) is 6.23. The third-order valence-electron chi connectivity index (χ3n) is 2.13. The van der Waals surface area contributed by atoms with E-state index in [2.05, 4.69) is 15.0 Å². The molecule has 0 saturated carbocycles. The van der Waals surface area contributed by atoms with Gasteiger partial charge in [-0.05, 0) is 24.3 Å². The number of rotatable bonds is 4. The van der Waals surface area contributed by atoms with Crippen LogP contribution in [-0.2, 0) is 39.4 Å². The first-order valence-corrected chi connectivity index (χ1v) is 7.26. The Kier molecular flexibility index (Phi) is 32.9. The Labute approximate surface area is 167 Å². The van der Waals surface area contributed by atoms with Crippen LogP contribution in [0.15, 0.2) is 53.8 Å². The van der Waals surface area contributed by atoms with E-state index >= 15 is 0 Å². The topological polar surface area (TPSA) is 277 Å². The molecule has 0 fully saturated rings. The van der Waals surface area contributed by atoms with Gasteiger partial charge in [-0.1, -0.05) is 12.1 Å². The van der Waals surface area contributed by atoms with Crippen molar-refractivity contribution in [1.29, 1.82) is 0 Å². The zero-order chi connectivity index (χ0) is 15.6. The normalized spacial score (nSPS) is 8.52. The van der Waals surface area contributed by atoms with Gasteiger partial charge in [-0.25, -0.2) is 0 Å². The second kappa shape index (κ2) is 22.2. The van der Waals surface area contributed by atoms with E-state index in [0.29, 0.717) is 0 Å². The molecule has 0 aliphatic carbocycles.